The molecule has 2 aromatic heterocycles. The van der Waals surface area contributed by atoms with E-state index in [1.807, 2.05) is 13.8 Å². The number of H-pyrrole nitrogens is 1. The number of carboxylic acid groups (broad SMARTS) is 1. The van der Waals surface area contributed by atoms with E-state index in [0.29, 0.717) is 39.8 Å². The van der Waals surface area contributed by atoms with Gasteiger partial charge in [-0.05, 0) is 68.7 Å². The first kappa shape index (κ1) is 24.8. The van der Waals surface area contributed by atoms with E-state index >= 15 is 0 Å². The molecule has 0 bridgehead atoms. The monoisotopic (exact) mass is 492 g/mol. The van der Waals surface area contributed by atoms with Gasteiger partial charge in [-0.1, -0.05) is 6.92 Å². The molecule has 2 atom stereocenters. The molecule has 4 N–H and O–H groups in total. The van der Waals surface area contributed by atoms with Gasteiger partial charge in [-0.15, -0.1) is 0 Å². The van der Waals surface area contributed by atoms with Crippen molar-refractivity contribution in [2.24, 2.45) is 0 Å². The number of phenols is 1. The average molecular weight is 493 g/mol. The minimum absolute atomic E-state index is 0.0104. The number of nitrogens with one attached hydrogen (secondary N) is 2. The third-order valence-electron chi connectivity index (χ3n) is 6.47. The smallest absolute Gasteiger partial charge is 0.339 e. The lowest BCUT2D eigenvalue weighted by molar-refractivity contribution is -0.142. The first-order valence-electron chi connectivity index (χ1n) is 11.6. The van der Waals surface area contributed by atoms with Crippen LogP contribution in [0, 0.1) is 13.8 Å². The van der Waals surface area contributed by atoms with Crippen LogP contribution in [0.2, 0.25) is 0 Å². The zero-order chi connectivity index (χ0) is 26.1. The molecule has 0 saturated carbocycles. The number of aryl methyl sites for hydroxylation is 2. The third kappa shape index (κ3) is 4.64. The Morgan fingerprint density at radius 2 is 1.89 bits per heavy atom. The van der Waals surface area contributed by atoms with E-state index in [0.717, 1.165) is 16.5 Å². The van der Waals surface area contributed by atoms with Crippen LogP contribution in [0.1, 0.15) is 36.1 Å². The van der Waals surface area contributed by atoms with Gasteiger partial charge in [0.25, 0.3) is 5.91 Å². The highest BCUT2D eigenvalue weighted by Gasteiger charge is 2.26. The summed E-state index contributed by atoms with van der Waals surface area (Å²) in [6.07, 6.45) is 1.21. The number of aromatic amines is 1. The van der Waals surface area contributed by atoms with Crippen LogP contribution in [-0.4, -0.2) is 39.2 Å². The van der Waals surface area contributed by atoms with Crippen molar-refractivity contribution in [3.63, 3.8) is 0 Å². The maximum absolute atomic E-state index is 12.9. The minimum atomic E-state index is -1.21. The lowest BCUT2D eigenvalue weighted by Crippen LogP contribution is -2.47. The molecule has 0 unspecified atom stereocenters. The van der Waals surface area contributed by atoms with E-state index in [2.05, 4.69) is 10.3 Å². The predicted octanol–water partition coefficient (Wildman–Crippen LogP) is 3.74. The van der Waals surface area contributed by atoms with Crippen molar-refractivity contribution in [3.8, 4) is 11.5 Å². The Kier molecular flexibility index (Phi) is 6.74. The number of amides is 1. The molecule has 0 spiro atoms. The fourth-order valence-electron chi connectivity index (χ4n) is 4.40. The summed E-state index contributed by atoms with van der Waals surface area (Å²) in [6, 6.07) is 7.04. The van der Waals surface area contributed by atoms with E-state index in [4.69, 9.17) is 9.15 Å². The molecule has 9 nitrogen and oxygen atoms in total. The average Bonchev–Trinajstić information content (AvgIpc) is 3.22. The van der Waals surface area contributed by atoms with E-state index in [9.17, 15) is 24.6 Å². The Labute approximate surface area is 206 Å². The van der Waals surface area contributed by atoms with Gasteiger partial charge in [0.2, 0.25) is 0 Å². The minimum Gasteiger partial charge on any atom is -0.508 e. The number of carbonyl (C=O) groups excluding carboxylic acids is 1. The van der Waals surface area contributed by atoms with Crippen molar-refractivity contribution in [1.82, 2.24) is 10.3 Å². The highest BCUT2D eigenvalue weighted by molar-refractivity contribution is 5.89. The number of aromatic hydroxyl groups is 1. The molecule has 0 aliphatic carbocycles. The molecule has 36 heavy (non-hydrogen) atoms. The highest BCUT2D eigenvalue weighted by Crippen LogP contribution is 2.30. The summed E-state index contributed by atoms with van der Waals surface area (Å²) >= 11 is 0. The van der Waals surface area contributed by atoms with Crippen LogP contribution < -0.4 is 15.7 Å². The SMILES string of the molecule is CCc1c(C)c2ccc(O[C@@H](C)C(=O)N[C@@H](Cc3c[nH]c4ccc(O)cc34)C(=O)O)c(C)c2oc1=O. The number of aliphatic carboxylic acids is 1. The number of hydrogen-bond donors (Lipinski definition) is 4. The van der Waals surface area contributed by atoms with Crippen molar-refractivity contribution in [1.29, 1.82) is 0 Å². The van der Waals surface area contributed by atoms with Gasteiger partial charge in [-0.3, -0.25) is 4.79 Å². The van der Waals surface area contributed by atoms with Gasteiger partial charge < -0.3 is 29.7 Å². The second kappa shape index (κ2) is 9.77. The fraction of sp³-hybridized carbons (Fsp3) is 0.296. The standard InChI is InChI=1S/C27H28N2O7/c1-5-18-13(2)19-7-9-23(14(3)24(19)36-27(18)34)35-15(4)25(31)29-22(26(32)33)10-16-12-28-21-8-6-17(30)11-20(16)21/h6-9,11-12,15,22,28,30H,5,10H2,1-4H3,(H,29,31)(H,32,33)/t15-,22-/m0/s1. The molecule has 9 heteroatoms. The van der Waals surface area contributed by atoms with Crippen molar-refractivity contribution < 1.29 is 29.0 Å². The molecule has 1 amide bonds. The van der Waals surface area contributed by atoms with Gasteiger partial charge in [-0.2, -0.15) is 0 Å². The Balaban J connectivity index is 1.53. The molecule has 0 aliphatic rings. The summed E-state index contributed by atoms with van der Waals surface area (Å²) < 4.78 is 11.4. The summed E-state index contributed by atoms with van der Waals surface area (Å²) in [5, 5.41) is 23.5. The van der Waals surface area contributed by atoms with Gasteiger partial charge in [0, 0.05) is 40.0 Å². The van der Waals surface area contributed by atoms with Gasteiger partial charge in [0.05, 0.1) is 0 Å². The summed E-state index contributed by atoms with van der Waals surface area (Å²) in [6.45, 7) is 7.02. The molecule has 4 aromatic rings. The van der Waals surface area contributed by atoms with Gasteiger partial charge >= 0.3 is 11.6 Å². The van der Waals surface area contributed by atoms with Crippen molar-refractivity contribution >= 4 is 33.7 Å². The quantitative estimate of drug-likeness (QED) is 0.275. The van der Waals surface area contributed by atoms with E-state index in [1.165, 1.54) is 13.0 Å². The molecule has 4 rings (SSSR count). The van der Waals surface area contributed by atoms with Crippen LogP contribution in [0.3, 0.4) is 0 Å². The van der Waals surface area contributed by atoms with Crippen molar-refractivity contribution in [3.05, 3.63) is 69.2 Å². The molecular formula is C27H28N2O7. The summed E-state index contributed by atoms with van der Waals surface area (Å²) in [7, 11) is 0. The van der Waals surface area contributed by atoms with E-state index in [-0.39, 0.29) is 12.2 Å². The number of hydrogen-bond acceptors (Lipinski definition) is 6. The summed E-state index contributed by atoms with van der Waals surface area (Å²) in [5.74, 6) is -1.39. The maximum Gasteiger partial charge on any atom is 0.339 e. The fourth-order valence-corrected chi connectivity index (χ4v) is 4.40. The van der Waals surface area contributed by atoms with Crippen LogP contribution in [-0.2, 0) is 22.4 Å². The number of aromatic nitrogens is 1. The molecule has 0 fully saturated rings. The maximum atomic E-state index is 12.9. The normalized spacial score (nSPS) is 13.0. The zero-order valence-electron chi connectivity index (χ0n) is 20.5. The van der Waals surface area contributed by atoms with Gasteiger partial charge in [-0.25, -0.2) is 9.59 Å². The molecule has 2 aromatic carbocycles. The lowest BCUT2D eigenvalue weighted by Gasteiger charge is -2.20. The number of fused-ring (bicyclic) bond motifs is 2. The van der Waals surface area contributed by atoms with Crippen LogP contribution >= 0.6 is 0 Å². The molecule has 0 radical (unpaired) electrons. The third-order valence-corrected chi connectivity index (χ3v) is 6.47. The summed E-state index contributed by atoms with van der Waals surface area (Å²) in [5.41, 5.74) is 3.42. The zero-order valence-corrected chi connectivity index (χ0v) is 20.5. The molecule has 188 valence electrons. The Hall–Kier alpha value is -4.27. The topological polar surface area (TPSA) is 142 Å². The Morgan fingerprint density at radius 1 is 1.14 bits per heavy atom. The first-order valence-corrected chi connectivity index (χ1v) is 11.6. The molecule has 0 saturated heterocycles. The number of phenolic OH excluding ortho intramolecular Hbond substituents is 1. The van der Waals surface area contributed by atoms with Crippen molar-refractivity contribution in [2.75, 3.05) is 0 Å². The molecule has 0 aliphatic heterocycles. The Morgan fingerprint density at radius 3 is 2.58 bits per heavy atom. The second-order valence-corrected chi connectivity index (χ2v) is 8.82. The number of carboxylic acids is 1. The largest absolute Gasteiger partial charge is 0.508 e. The van der Waals surface area contributed by atoms with Crippen LogP contribution in [0.15, 0.2) is 45.7 Å². The van der Waals surface area contributed by atoms with Crippen LogP contribution in [0.25, 0.3) is 21.9 Å². The Bertz CT molecular complexity index is 1530. The summed E-state index contributed by atoms with van der Waals surface area (Å²) in [4.78, 5) is 40.1. The van der Waals surface area contributed by atoms with Crippen LogP contribution in [0.4, 0.5) is 0 Å². The van der Waals surface area contributed by atoms with E-state index in [1.54, 1.807) is 37.4 Å². The number of carbonyl (C=O) groups is 2. The van der Waals surface area contributed by atoms with Gasteiger partial charge in [0.15, 0.2) is 6.10 Å². The van der Waals surface area contributed by atoms with Crippen molar-refractivity contribution in [2.45, 2.75) is 52.7 Å². The van der Waals surface area contributed by atoms with Gasteiger partial charge in [0.1, 0.15) is 23.1 Å². The number of benzene rings is 2. The highest BCUT2D eigenvalue weighted by atomic mass is 16.5. The number of ether oxygens (including phenoxy) is 1. The molecular weight excluding hydrogens is 464 g/mol. The molecule has 2 heterocycles. The van der Waals surface area contributed by atoms with Crippen LogP contribution in [0.5, 0.6) is 11.5 Å². The number of rotatable bonds is 8. The first-order chi connectivity index (χ1) is 17.1. The van der Waals surface area contributed by atoms with E-state index < -0.39 is 29.6 Å². The lowest BCUT2D eigenvalue weighted by atomic mass is 10.0. The second-order valence-electron chi connectivity index (χ2n) is 8.82. The predicted molar refractivity (Wildman–Crippen MR) is 135 cm³/mol.